The van der Waals surface area contributed by atoms with E-state index in [0.29, 0.717) is 0 Å². The molecule has 2 aromatic rings. The van der Waals surface area contributed by atoms with Gasteiger partial charge in [0.2, 0.25) is 0 Å². The molecule has 1 aromatic carbocycles. The molecule has 20 heavy (non-hydrogen) atoms. The molecule has 0 radical (unpaired) electrons. The van der Waals surface area contributed by atoms with Crippen molar-refractivity contribution in [2.24, 2.45) is 0 Å². The zero-order valence-corrected chi connectivity index (χ0v) is 15.8. The van der Waals surface area contributed by atoms with Gasteiger partial charge in [0.1, 0.15) is 0 Å². The Balaban J connectivity index is 2.52. The Bertz CT molecular complexity index is 600. The van der Waals surface area contributed by atoms with Gasteiger partial charge in [0, 0.05) is 15.1 Å². The normalized spacial score (nSPS) is 12.7. The highest BCUT2D eigenvalue weighted by atomic mass is 127. The number of hydrogen-bond acceptors (Lipinski definition) is 2. The molecule has 0 aliphatic heterocycles. The van der Waals surface area contributed by atoms with Gasteiger partial charge in [-0.1, -0.05) is 18.5 Å². The van der Waals surface area contributed by atoms with E-state index in [9.17, 15) is 0 Å². The van der Waals surface area contributed by atoms with Gasteiger partial charge < -0.3 is 5.32 Å². The molecule has 1 atom stereocenters. The van der Waals surface area contributed by atoms with Crippen molar-refractivity contribution in [3.63, 3.8) is 0 Å². The minimum absolute atomic E-state index is 0.0593. The van der Waals surface area contributed by atoms with Crippen molar-refractivity contribution in [3.05, 3.63) is 48.7 Å². The zero-order chi connectivity index (χ0) is 14.7. The van der Waals surface area contributed by atoms with Crippen LogP contribution in [0.25, 0.3) is 0 Å². The lowest BCUT2D eigenvalue weighted by atomic mass is 10.0. The molecule has 1 N–H and O–H groups in total. The molecule has 0 saturated heterocycles. The van der Waals surface area contributed by atoms with Crippen LogP contribution in [0.15, 0.2) is 28.9 Å². The summed E-state index contributed by atoms with van der Waals surface area (Å²) in [5.74, 6) is 0. The number of nitrogens with zero attached hydrogens (tertiary/aromatic N) is 2. The van der Waals surface area contributed by atoms with E-state index in [1.807, 2.05) is 36.1 Å². The SMILES string of the molecule is CCCn1ncc(Br)c1C(NC)c1cc(Cl)ccc1I. The van der Waals surface area contributed by atoms with Crippen molar-refractivity contribution in [3.8, 4) is 0 Å². The summed E-state index contributed by atoms with van der Waals surface area (Å²) in [5, 5.41) is 8.57. The van der Waals surface area contributed by atoms with Crippen LogP contribution in [0.3, 0.4) is 0 Å². The van der Waals surface area contributed by atoms with Crippen LogP contribution in [0.2, 0.25) is 5.02 Å². The van der Waals surface area contributed by atoms with Gasteiger partial charge in [-0.25, -0.2) is 0 Å². The maximum absolute atomic E-state index is 6.15. The van der Waals surface area contributed by atoms with Crippen LogP contribution in [-0.4, -0.2) is 16.8 Å². The Morgan fingerprint density at radius 1 is 1.50 bits per heavy atom. The highest BCUT2D eigenvalue weighted by molar-refractivity contribution is 14.1. The molecule has 108 valence electrons. The van der Waals surface area contributed by atoms with Gasteiger partial charge >= 0.3 is 0 Å². The molecular weight excluding hydrogens is 452 g/mol. The van der Waals surface area contributed by atoms with Crippen LogP contribution in [-0.2, 0) is 6.54 Å². The number of halogens is 3. The van der Waals surface area contributed by atoms with E-state index in [4.69, 9.17) is 11.6 Å². The first-order chi connectivity index (χ1) is 9.58. The first-order valence-corrected chi connectivity index (χ1v) is 8.66. The lowest BCUT2D eigenvalue weighted by molar-refractivity contribution is 0.532. The summed E-state index contributed by atoms with van der Waals surface area (Å²) in [5.41, 5.74) is 2.30. The average Bonchev–Trinajstić information content (AvgIpc) is 2.77. The summed E-state index contributed by atoms with van der Waals surface area (Å²) < 4.78 is 4.24. The molecular formula is C14H16BrClIN3. The average molecular weight is 469 g/mol. The van der Waals surface area contributed by atoms with E-state index >= 15 is 0 Å². The van der Waals surface area contributed by atoms with Crippen LogP contribution in [0.1, 0.15) is 30.6 Å². The van der Waals surface area contributed by atoms with E-state index in [2.05, 4.69) is 55.9 Å². The summed E-state index contributed by atoms with van der Waals surface area (Å²) in [4.78, 5) is 0. The predicted octanol–water partition coefficient (Wildman–Crippen LogP) is 4.62. The monoisotopic (exact) mass is 467 g/mol. The van der Waals surface area contributed by atoms with Crippen molar-refractivity contribution in [1.82, 2.24) is 15.1 Å². The third-order valence-electron chi connectivity index (χ3n) is 3.10. The highest BCUT2D eigenvalue weighted by Gasteiger charge is 2.22. The molecule has 0 aliphatic carbocycles. The quantitative estimate of drug-likeness (QED) is 0.649. The van der Waals surface area contributed by atoms with E-state index < -0.39 is 0 Å². The maximum atomic E-state index is 6.15. The molecule has 6 heteroatoms. The van der Waals surface area contributed by atoms with Crippen molar-refractivity contribution in [2.45, 2.75) is 25.9 Å². The van der Waals surface area contributed by atoms with Crippen molar-refractivity contribution in [2.75, 3.05) is 7.05 Å². The van der Waals surface area contributed by atoms with Crippen LogP contribution >= 0.6 is 50.1 Å². The fourth-order valence-corrected chi connectivity index (χ4v) is 3.58. The van der Waals surface area contributed by atoms with E-state index in [1.165, 1.54) is 9.13 Å². The van der Waals surface area contributed by atoms with E-state index in [1.54, 1.807) is 0 Å². The minimum Gasteiger partial charge on any atom is -0.308 e. The largest absolute Gasteiger partial charge is 0.308 e. The fourth-order valence-electron chi connectivity index (χ4n) is 2.22. The van der Waals surface area contributed by atoms with Gasteiger partial charge in [-0.2, -0.15) is 5.10 Å². The molecule has 0 spiro atoms. The third-order valence-corrected chi connectivity index (χ3v) is 4.93. The van der Waals surface area contributed by atoms with E-state index in [0.717, 1.165) is 28.2 Å². The molecule has 3 nitrogen and oxygen atoms in total. The second kappa shape index (κ2) is 7.24. The second-order valence-corrected chi connectivity index (χ2v) is 6.94. The summed E-state index contributed by atoms with van der Waals surface area (Å²) in [6, 6.07) is 6.03. The predicted molar refractivity (Wildman–Crippen MR) is 95.3 cm³/mol. The van der Waals surface area contributed by atoms with Crippen LogP contribution in [0.5, 0.6) is 0 Å². The topological polar surface area (TPSA) is 29.9 Å². The first kappa shape index (κ1) is 16.3. The Kier molecular flexibility index (Phi) is 5.89. The number of aromatic nitrogens is 2. The van der Waals surface area contributed by atoms with Crippen LogP contribution in [0, 0.1) is 3.57 Å². The van der Waals surface area contributed by atoms with Gasteiger partial charge in [-0.3, -0.25) is 4.68 Å². The van der Waals surface area contributed by atoms with Gasteiger partial charge in [0.25, 0.3) is 0 Å². The Hall–Kier alpha value is -0.110. The smallest absolute Gasteiger partial charge is 0.0768 e. The van der Waals surface area contributed by atoms with Crippen LogP contribution < -0.4 is 5.32 Å². The molecule has 1 unspecified atom stereocenters. The molecule has 0 bridgehead atoms. The molecule has 1 heterocycles. The molecule has 0 fully saturated rings. The Morgan fingerprint density at radius 2 is 2.25 bits per heavy atom. The lowest BCUT2D eigenvalue weighted by Crippen LogP contribution is -2.23. The number of rotatable bonds is 5. The van der Waals surface area contributed by atoms with E-state index in [-0.39, 0.29) is 6.04 Å². The van der Waals surface area contributed by atoms with Gasteiger partial charge in [0.05, 0.1) is 22.4 Å². The molecule has 2 rings (SSSR count). The van der Waals surface area contributed by atoms with Gasteiger partial charge in [-0.15, -0.1) is 0 Å². The highest BCUT2D eigenvalue weighted by Crippen LogP contribution is 2.32. The summed E-state index contributed by atoms with van der Waals surface area (Å²) in [6.45, 7) is 3.05. The fraction of sp³-hybridized carbons (Fsp3) is 0.357. The molecule has 0 aliphatic rings. The van der Waals surface area contributed by atoms with Crippen molar-refractivity contribution in [1.29, 1.82) is 0 Å². The number of benzene rings is 1. The molecule has 0 amide bonds. The van der Waals surface area contributed by atoms with Crippen molar-refractivity contribution < 1.29 is 0 Å². The number of hydrogen-bond donors (Lipinski definition) is 1. The third kappa shape index (κ3) is 3.37. The maximum Gasteiger partial charge on any atom is 0.0768 e. The summed E-state index contributed by atoms with van der Waals surface area (Å²) in [7, 11) is 1.96. The number of nitrogens with one attached hydrogen (secondary N) is 1. The van der Waals surface area contributed by atoms with Gasteiger partial charge in [0.15, 0.2) is 0 Å². The Labute approximate surface area is 146 Å². The minimum atomic E-state index is 0.0593. The first-order valence-electron chi connectivity index (χ1n) is 6.41. The summed E-state index contributed by atoms with van der Waals surface area (Å²) in [6.07, 6.45) is 2.90. The zero-order valence-electron chi connectivity index (χ0n) is 11.3. The number of aryl methyl sites for hydroxylation is 1. The Morgan fingerprint density at radius 3 is 2.90 bits per heavy atom. The lowest BCUT2D eigenvalue weighted by Gasteiger charge is -2.20. The van der Waals surface area contributed by atoms with Gasteiger partial charge in [-0.05, 0) is 75.8 Å². The summed E-state index contributed by atoms with van der Waals surface area (Å²) >= 11 is 12.1. The molecule has 1 aromatic heterocycles. The molecule has 0 saturated carbocycles. The van der Waals surface area contributed by atoms with Crippen LogP contribution in [0.4, 0.5) is 0 Å². The second-order valence-electron chi connectivity index (χ2n) is 4.49. The van der Waals surface area contributed by atoms with Crippen molar-refractivity contribution >= 4 is 50.1 Å². The standard InChI is InChI=1S/C14H16BrClIN3/c1-3-6-20-14(11(15)8-19-20)13(18-2)10-7-9(16)4-5-12(10)17/h4-5,7-8,13,18H,3,6H2,1-2H3.